The van der Waals surface area contributed by atoms with Gasteiger partial charge in [-0.15, -0.1) is 0 Å². The second-order valence-electron chi connectivity index (χ2n) is 6.39. The van der Waals surface area contributed by atoms with Crippen LogP contribution in [0, 0.1) is 11.8 Å². The highest BCUT2D eigenvalue weighted by atomic mass is 16.5. The minimum atomic E-state index is -0.730. The van der Waals surface area contributed by atoms with E-state index in [2.05, 4.69) is 25.8 Å². The van der Waals surface area contributed by atoms with Gasteiger partial charge in [0.1, 0.15) is 5.75 Å². The minimum Gasteiger partial charge on any atom is -0.492 e. The van der Waals surface area contributed by atoms with E-state index >= 15 is 0 Å². The predicted octanol–water partition coefficient (Wildman–Crippen LogP) is 3.90. The van der Waals surface area contributed by atoms with Gasteiger partial charge in [-0.3, -0.25) is 4.98 Å². The zero-order valence-electron chi connectivity index (χ0n) is 12.9. The van der Waals surface area contributed by atoms with E-state index in [4.69, 9.17) is 4.74 Å². The van der Waals surface area contributed by atoms with Crippen LogP contribution >= 0.6 is 0 Å². The SMILES string of the molecule is CCCOc1cncc(C2(O)CCCC(C(C)C)C2)c1. The number of hydrogen-bond donors (Lipinski definition) is 1. The van der Waals surface area contributed by atoms with Gasteiger partial charge in [0.05, 0.1) is 18.4 Å². The smallest absolute Gasteiger partial charge is 0.137 e. The molecule has 1 fully saturated rings. The van der Waals surface area contributed by atoms with E-state index in [0.29, 0.717) is 18.4 Å². The van der Waals surface area contributed by atoms with Crippen molar-refractivity contribution >= 4 is 0 Å². The Labute approximate surface area is 122 Å². The average molecular weight is 277 g/mol. The van der Waals surface area contributed by atoms with Crippen LogP contribution in [0.5, 0.6) is 5.75 Å². The maximum absolute atomic E-state index is 11.0. The van der Waals surface area contributed by atoms with E-state index in [9.17, 15) is 5.11 Å². The van der Waals surface area contributed by atoms with Crippen molar-refractivity contribution in [2.75, 3.05) is 6.61 Å². The Morgan fingerprint density at radius 1 is 1.45 bits per heavy atom. The molecular formula is C17H27NO2. The molecule has 0 radical (unpaired) electrons. The second-order valence-corrected chi connectivity index (χ2v) is 6.39. The first kappa shape index (κ1) is 15.3. The summed E-state index contributed by atoms with van der Waals surface area (Å²) in [6.45, 7) is 7.27. The first-order chi connectivity index (χ1) is 9.55. The molecule has 1 heterocycles. The Bertz CT molecular complexity index is 433. The monoisotopic (exact) mass is 277 g/mol. The molecule has 3 nitrogen and oxygen atoms in total. The molecule has 1 aromatic rings. The first-order valence-corrected chi connectivity index (χ1v) is 7.86. The fourth-order valence-electron chi connectivity index (χ4n) is 3.10. The third-order valence-electron chi connectivity index (χ3n) is 4.43. The minimum absolute atomic E-state index is 0.592. The van der Waals surface area contributed by atoms with Crippen molar-refractivity contribution in [2.45, 2.75) is 58.5 Å². The normalized spacial score (nSPS) is 26.8. The zero-order chi connectivity index (χ0) is 14.6. The third kappa shape index (κ3) is 3.51. The fraction of sp³-hybridized carbons (Fsp3) is 0.706. The molecule has 2 atom stereocenters. The number of pyridine rings is 1. The summed E-state index contributed by atoms with van der Waals surface area (Å²) in [5.74, 6) is 1.98. The van der Waals surface area contributed by atoms with Crippen LogP contribution in [0.3, 0.4) is 0 Å². The lowest BCUT2D eigenvalue weighted by molar-refractivity contribution is -0.0299. The summed E-state index contributed by atoms with van der Waals surface area (Å²) in [5.41, 5.74) is 0.183. The molecule has 1 aromatic heterocycles. The summed E-state index contributed by atoms with van der Waals surface area (Å²) < 4.78 is 5.63. The summed E-state index contributed by atoms with van der Waals surface area (Å²) in [4.78, 5) is 4.24. The Kier molecular flexibility index (Phi) is 5.03. The summed E-state index contributed by atoms with van der Waals surface area (Å²) in [6, 6.07) is 1.96. The van der Waals surface area contributed by atoms with Crippen molar-refractivity contribution < 1.29 is 9.84 Å². The van der Waals surface area contributed by atoms with Crippen LogP contribution in [0.4, 0.5) is 0 Å². The van der Waals surface area contributed by atoms with Crippen molar-refractivity contribution in [2.24, 2.45) is 11.8 Å². The lowest BCUT2D eigenvalue weighted by Gasteiger charge is -2.38. The van der Waals surface area contributed by atoms with Crippen molar-refractivity contribution in [1.82, 2.24) is 4.98 Å². The standard InChI is InChI=1S/C17H27NO2/c1-4-8-20-16-9-15(11-18-12-16)17(19)7-5-6-14(10-17)13(2)3/h9,11-14,19H,4-8,10H2,1-3H3. The van der Waals surface area contributed by atoms with Crippen LogP contribution in [-0.2, 0) is 5.60 Å². The molecule has 2 unspecified atom stereocenters. The summed E-state index contributed by atoms with van der Waals surface area (Å²) in [7, 11) is 0. The molecule has 0 bridgehead atoms. The Morgan fingerprint density at radius 2 is 2.25 bits per heavy atom. The summed E-state index contributed by atoms with van der Waals surface area (Å²) in [5, 5.41) is 11.0. The maximum atomic E-state index is 11.0. The quantitative estimate of drug-likeness (QED) is 0.887. The van der Waals surface area contributed by atoms with Gasteiger partial charge in [-0.2, -0.15) is 0 Å². The first-order valence-electron chi connectivity index (χ1n) is 7.86. The predicted molar refractivity (Wildman–Crippen MR) is 80.7 cm³/mol. The molecule has 3 heteroatoms. The van der Waals surface area contributed by atoms with Crippen LogP contribution in [0.15, 0.2) is 18.5 Å². The van der Waals surface area contributed by atoms with Crippen molar-refractivity contribution in [3.63, 3.8) is 0 Å². The van der Waals surface area contributed by atoms with E-state index in [-0.39, 0.29) is 0 Å². The second kappa shape index (κ2) is 6.57. The molecule has 1 aliphatic rings. The Morgan fingerprint density at radius 3 is 2.95 bits per heavy atom. The van der Waals surface area contributed by atoms with Gasteiger partial charge in [0, 0.05) is 11.8 Å². The lowest BCUT2D eigenvalue weighted by Crippen LogP contribution is -2.34. The van der Waals surface area contributed by atoms with Crippen molar-refractivity contribution in [3.05, 3.63) is 24.0 Å². The molecule has 1 saturated carbocycles. The molecule has 0 aromatic carbocycles. The molecule has 0 spiro atoms. The van der Waals surface area contributed by atoms with E-state index in [1.54, 1.807) is 12.4 Å². The van der Waals surface area contributed by atoms with Crippen LogP contribution in [0.1, 0.15) is 58.4 Å². The van der Waals surface area contributed by atoms with Crippen LogP contribution in [0.25, 0.3) is 0 Å². The fourth-order valence-corrected chi connectivity index (χ4v) is 3.10. The van der Waals surface area contributed by atoms with Crippen molar-refractivity contribution in [1.29, 1.82) is 0 Å². The topological polar surface area (TPSA) is 42.4 Å². The zero-order valence-corrected chi connectivity index (χ0v) is 12.9. The molecule has 20 heavy (non-hydrogen) atoms. The van der Waals surface area contributed by atoms with Crippen LogP contribution in [-0.4, -0.2) is 16.7 Å². The third-order valence-corrected chi connectivity index (χ3v) is 4.43. The molecule has 112 valence electrons. The molecule has 1 aliphatic carbocycles. The van der Waals surface area contributed by atoms with Gasteiger partial charge in [0.2, 0.25) is 0 Å². The van der Waals surface area contributed by atoms with Gasteiger partial charge in [-0.1, -0.05) is 20.8 Å². The summed E-state index contributed by atoms with van der Waals surface area (Å²) >= 11 is 0. The molecule has 0 saturated heterocycles. The Balaban J connectivity index is 2.16. The largest absolute Gasteiger partial charge is 0.492 e. The molecule has 2 rings (SSSR count). The van der Waals surface area contributed by atoms with Gasteiger partial charge < -0.3 is 9.84 Å². The van der Waals surface area contributed by atoms with Gasteiger partial charge in [-0.05, 0) is 50.0 Å². The van der Waals surface area contributed by atoms with Crippen molar-refractivity contribution in [3.8, 4) is 5.75 Å². The highest BCUT2D eigenvalue weighted by Crippen LogP contribution is 2.42. The molecule has 1 N–H and O–H groups in total. The molecule has 0 aliphatic heterocycles. The average Bonchev–Trinajstić information content (AvgIpc) is 2.45. The Hall–Kier alpha value is -1.09. The number of hydrogen-bond acceptors (Lipinski definition) is 3. The number of ether oxygens (including phenoxy) is 1. The van der Waals surface area contributed by atoms with Gasteiger partial charge in [-0.25, -0.2) is 0 Å². The molecule has 0 amide bonds. The van der Waals surface area contributed by atoms with Crippen LogP contribution in [0.2, 0.25) is 0 Å². The van der Waals surface area contributed by atoms with Gasteiger partial charge >= 0.3 is 0 Å². The lowest BCUT2D eigenvalue weighted by atomic mass is 9.71. The highest BCUT2D eigenvalue weighted by molar-refractivity contribution is 5.28. The van der Waals surface area contributed by atoms with E-state index < -0.39 is 5.60 Å². The maximum Gasteiger partial charge on any atom is 0.137 e. The van der Waals surface area contributed by atoms with Crippen LogP contribution < -0.4 is 4.74 Å². The van der Waals surface area contributed by atoms with Gasteiger partial charge in [0.25, 0.3) is 0 Å². The number of nitrogens with zero attached hydrogens (tertiary/aromatic N) is 1. The summed E-state index contributed by atoms with van der Waals surface area (Å²) in [6.07, 6.45) is 8.47. The number of aromatic nitrogens is 1. The molecular weight excluding hydrogens is 250 g/mol. The highest BCUT2D eigenvalue weighted by Gasteiger charge is 2.37. The van der Waals surface area contributed by atoms with E-state index in [0.717, 1.165) is 37.0 Å². The number of rotatable bonds is 5. The van der Waals surface area contributed by atoms with E-state index in [1.807, 2.05) is 6.07 Å². The van der Waals surface area contributed by atoms with Gasteiger partial charge in [0.15, 0.2) is 0 Å². The van der Waals surface area contributed by atoms with E-state index in [1.165, 1.54) is 6.42 Å². The number of aliphatic hydroxyl groups is 1.